The molecule has 0 radical (unpaired) electrons. The van der Waals surface area contributed by atoms with Crippen LogP contribution in [0, 0.1) is 17.3 Å². The average Bonchev–Trinajstić information content (AvgIpc) is 2.67. The van der Waals surface area contributed by atoms with Crippen LogP contribution in [-0.2, 0) is 11.2 Å². The Labute approximate surface area is 116 Å². The Hall–Kier alpha value is -1.85. The minimum absolute atomic E-state index is 0.0172. The van der Waals surface area contributed by atoms with Gasteiger partial charge < -0.3 is 9.88 Å². The Balaban J connectivity index is 1.69. The first-order valence-corrected chi connectivity index (χ1v) is 6.95. The third-order valence-corrected chi connectivity index (χ3v) is 4.74. The lowest BCUT2D eigenvalue weighted by Gasteiger charge is -2.47. The molecule has 1 aromatic heterocycles. The fraction of sp³-hybridized carbons (Fsp3) is 0.643. The Morgan fingerprint density at radius 1 is 1.35 bits per heavy atom. The van der Waals surface area contributed by atoms with Gasteiger partial charge in [0.25, 0.3) is 5.56 Å². The summed E-state index contributed by atoms with van der Waals surface area (Å²) in [6.07, 6.45) is 1.25. The van der Waals surface area contributed by atoms with E-state index < -0.39 is 11.2 Å². The fourth-order valence-electron chi connectivity index (χ4n) is 3.72. The van der Waals surface area contributed by atoms with Crippen molar-refractivity contribution in [3.8, 4) is 0 Å². The van der Waals surface area contributed by atoms with Crippen LogP contribution in [0.4, 0.5) is 0 Å². The van der Waals surface area contributed by atoms with Gasteiger partial charge in [0.1, 0.15) is 0 Å². The summed E-state index contributed by atoms with van der Waals surface area (Å²) < 4.78 is 0. The lowest BCUT2D eigenvalue weighted by molar-refractivity contribution is -0.129. The van der Waals surface area contributed by atoms with Gasteiger partial charge in [-0.2, -0.15) is 0 Å². The van der Waals surface area contributed by atoms with Crippen molar-refractivity contribution in [2.45, 2.75) is 26.7 Å². The number of carbonyl (C=O) groups is 1. The van der Waals surface area contributed by atoms with E-state index in [0.717, 1.165) is 13.1 Å². The van der Waals surface area contributed by atoms with E-state index in [-0.39, 0.29) is 12.3 Å². The van der Waals surface area contributed by atoms with Crippen LogP contribution in [0.25, 0.3) is 0 Å². The molecular formula is C14H19N3O3. The molecule has 2 heterocycles. The Kier molecular flexibility index (Phi) is 2.84. The topological polar surface area (TPSA) is 86.0 Å². The van der Waals surface area contributed by atoms with Crippen molar-refractivity contribution in [1.29, 1.82) is 0 Å². The molecule has 2 fully saturated rings. The van der Waals surface area contributed by atoms with Crippen LogP contribution in [0.3, 0.4) is 0 Å². The highest BCUT2D eigenvalue weighted by atomic mass is 16.2. The highest BCUT2D eigenvalue weighted by Crippen LogP contribution is 2.54. The van der Waals surface area contributed by atoms with E-state index in [9.17, 15) is 14.4 Å². The van der Waals surface area contributed by atoms with E-state index >= 15 is 0 Å². The molecular weight excluding hydrogens is 258 g/mol. The predicted molar refractivity (Wildman–Crippen MR) is 73.3 cm³/mol. The van der Waals surface area contributed by atoms with E-state index in [1.165, 1.54) is 12.5 Å². The molecule has 6 heteroatoms. The minimum atomic E-state index is -0.567. The number of nitrogens with one attached hydrogen (secondary N) is 2. The number of aromatic nitrogens is 2. The van der Waals surface area contributed by atoms with Crippen LogP contribution in [0.2, 0.25) is 0 Å². The standard InChI is InChI=1S/C14H19N3O3/c1-14(2)5-8-6-17(7-10(8)14)12(19)4-9-3-11(18)16-13(20)15-9/h3,8,10H,4-7H2,1-2H3,(H2,15,16,18,20)/t8-,10+/m1/s1. The minimum Gasteiger partial charge on any atom is -0.342 e. The number of carbonyl (C=O) groups excluding carboxylic acids is 1. The first-order valence-electron chi connectivity index (χ1n) is 6.95. The van der Waals surface area contributed by atoms with Crippen LogP contribution in [0.5, 0.6) is 0 Å². The SMILES string of the molecule is CC1(C)C[C@@H]2CN(C(=O)Cc3cc(=O)[nH]c(=O)[nH]3)C[C@@H]21. The van der Waals surface area contributed by atoms with Crippen molar-refractivity contribution in [2.24, 2.45) is 17.3 Å². The number of fused-ring (bicyclic) bond motifs is 1. The predicted octanol–water partition coefficient (Wildman–Crippen LogP) is 0.110. The second-order valence-corrected chi connectivity index (χ2v) is 6.65. The first-order chi connectivity index (χ1) is 9.35. The molecule has 1 saturated heterocycles. The van der Waals surface area contributed by atoms with Crippen LogP contribution >= 0.6 is 0 Å². The monoisotopic (exact) mass is 277 g/mol. The maximum absolute atomic E-state index is 12.3. The lowest BCUT2D eigenvalue weighted by Crippen LogP contribution is -2.42. The van der Waals surface area contributed by atoms with Gasteiger partial charge in [-0.15, -0.1) is 0 Å². The van der Waals surface area contributed by atoms with E-state index in [0.29, 0.717) is 22.9 Å². The maximum Gasteiger partial charge on any atom is 0.325 e. The van der Waals surface area contributed by atoms with Crippen molar-refractivity contribution in [2.75, 3.05) is 13.1 Å². The molecule has 2 aliphatic rings. The van der Waals surface area contributed by atoms with Gasteiger partial charge in [0.05, 0.1) is 6.42 Å². The Bertz CT molecular complexity index is 630. The molecule has 0 unspecified atom stereocenters. The first kappa shape index (κ1) is 13.1. The van der Waals surface area contributed by atoms with Gasteiger partial charge in [-0.05, 0) is 23.7 Å². The number of amides is 1. The Morgan fingerprint density at radius 2 is 2.10 bits per heavy atom. The van der Waals surface area contributed by atoms with Crippen molar-refractivity contribution >= 4 is 5.91 Å². The van der Waals surface area contributed by atoms with Gasteiger partial charge in [0.2, 0.25) is 5.91 Å². The Morgan fingerprint density at radius 3 is 2.70 bits per heavy atom. The summed E-state index contributed by atoms with van der Waals surface area (Å²) in [4.78, 5) is 41.1. The summed E-state index contributed by atoms with van der Waals surface area (Å²) in [7, 11) is 0. The second-order valence-electron chi connectivity index (χ2n) is 6.65. The summed E-state index contributed by atoms with van der Waals surface area (Å²) in [5, 5.41) is 0. The smallest absolute Gasteiger partial charge is 0.325 e. The van der Waals surface area contributed by atoms with E-state index in [2.05, 4.69) is 23.8 Å². The fourth-order valence-corrected chi connectivity index (χ4v) is 3.72. The second kappa shape index (κ2) is 4.33. The molecule has 0 spiro atoms. The summed E-state index contributed by atoms with van der Waals surface area (Å²) in [6.45, 7) is 6.09. The lowest BCUT2D eigenvalue weighted by atomic mass is 9.57. The van der Waals surface area contributed by atoms with Gasteiger partial charge in [-0.25, -0.2) is 4.79 Å². The largest absolute Gasteiger partial charge is 0.342 e. The summed E-state index contributed by atoms with van der Waals surface area (Å²) in [5.41, 5.74) is -0.331. The molecule has 1 aliphatic heterocycles. The van der Waals surface area contributed by atoms with Crippen LogP contribution in [-0.4, -0.2) is 33.9 Å². The summed E-state index contributed by atoms with van der Waals surface area (Å²) >= 11 is 0. The molecule has 108 valence electrons. The quantitative estimate of drug-likeness (QED) is 0.804. The van der Waals surface area contributed by atoms with Crippen LogP contribution < -0.4 is 11.2 Å². The highest BCUT2D eigenvalue weighted by molar-refractivity contribution is 5.78. The zero-order chi connectivity index (χ0) is 14.5. The van der Waals surface area contributed by atoms with Crippen molar-refractivity contribution < 1.29 is 4.79 Å². The number of nitrogens with zero attached hydrogens (tertiary/aromatic N) is 1. The molecule has 2 N–H and O–H groups in total. The number of hydrogen-bond donors (Lipinski definition) is 2. The molecule has 6 nitrogen and oxygen atoms in total. The third-order valence-electron chi connectivity index (χ3n) is 4.74. The molecule has 1 aliphatic carbocycles. The average molecular weight is 277 g/mol. The number of rotatable bonds is 2. The van der Waals surface area contributed by atoms with Crippen LogP contribution in [0.1, 0.15) is 26.0 Å². The summed E-state index contributed by atoms with van der Waals surface area (Å²) in [6, 6.07) is 1.27. The van der Waals surface area contributed by atoms with Gasteiger partial charge in [0.15, 0.2) is 0 Å². The molecule has 1 saturated carbocycles. The highest BCUT2D eigenvalue weighted by Gasteiger charge is 2.52. The van der Waals surface area contributed by atoms with Crippen molar-refractivity contribution in [3.63, 3.8) is 0 Å². The number of likely N-dealkylation sites (tertiary alicyclic amines) is 1. The van der Waals surface area contributed by atoms with Crippen LogP contribution in [0.15, 0.2) is 15.7 Å². The molecule has 0 aromatic carbocycles. The molecule has 1 aromatic rings. The normalized spacial score (nSPS) is 27.0. The van der Waals surface area contributed by atoms with E-state index in [1.807, 2.05) is 4.90 Å². The van der Waals surface area contributed by atoms with E-state index in [4.69, 9.17) is 0 Å². The molecule has 2 atom stereocenters. The molecule has 1 amide bonds. The van der Waals surface area contributed by atoms with Gasteiger partial charge in [0, 0.05) is 24.8 Å². The zero-order valence-corrected chi connectivity index (χ0v) is 11.7. The zero-order valence-electron chi connectivity index (χ0n) is 11.7. The maximum atomic E-state index is 12.3. The molecule has 0 bridgehead atoms. The molecule has 3 rings (SSSR count). The summed E-state index contributed by atoms with van der Waals surface area (Å²) in [5.74, 6) is 1.19. The van der Waals surface area contributed by atoms with E-state index in [1.54, 1.807) is 0 Å². The van der Waals surface area contributed by atoms with Crippen molar-refractivity contribution in [3.05, 3.63) is 32.6 Å². The third kappa shape index (κ3) is 2.19. The molecule has 20 heavy (non-hydrogen) atoms. The number of H-pyrrole nitrogens is 2. The number of hydrogen-bond acceptors (Lipinski definition) is 3. The van der Waals surface area contributed by atoms with Gasteiger partial charge in [-0.3, -0.25) is 14.6 Å². The van der Waals surface area contributed by atoms with Crippen molar-refractivity contribution in [1.82, 2.24) is 14.9 Å². The van der Waals surface area contributed by atoms with Gasteiger partial charge in [-0.1, -0.05) is 13.8 Å². The number of aromatic amines is 2. The van der Waals surface area contributed by atoms with Gasteiger partial charge >= 0.3 is 5.69 Å².